The van der Waals surface area contributed by atoms with Crippen LogP contribution in [0.1, 0.15) is 106 Å². The highest BCUT2D eigenvalue weighted by Crippen LogP contribution is 2.60. The lowest BCUT2D eigenvalue weighted by atomic mass is 9.70. The Morgan fingerprint density at radius 3 is 2.31 bits per heavy atom. The summed E-state index contributed by atoms with van der Waals surface area (Å²) in [6.45, 7) is 24.0. The summed E-state index contributed by atoms with van der Waals surface area (Å²) < 4.78 is 13.2. The Hall–Kier alpha value is -3.50. The van der Waals surface area contributed by atoms with Crippen molar-refractivity contribution in [1.82, 2.24) is 14.7 Å². The van der Waals surface area contributed by atoms with Gasteiger partial charge in [0.1, 0.15) is 17.7 Å². The van der Waals surface area contributed by atoms with Crippen molar-refractivity contribution in [3.05, 3.63) is 61.2 Å². The number of carbonyl (C=O) groups is 4. The summed E-state index contributed by atoms with van der Waals surface area (Å²) in [5.41, 5.74) is -1.26. The molecule has 1 N–H and O–H groups in total. The molecule has 0 radical (unpaired) electrons. The van der Waals surface area contributed by atoms with E-state index < -0.39 is 59.3 Å². The number of hydrogen-bond acceptors (Lipinski definition) is 7. The lowest BCUT2D eigenvalue weighted by Gasteiger charge is -2.46. The predicted molar refractivity (Wildman–Crippen MR) is 202 cm³/mol. The fourth-order valence-corrected chi connectivity index (χ4v) is 9.28. The molecule has 8 atom stereocenters. The summed E-state index contributed by atoms with van der Waals surface area (Å²) in [5.74, 6) is -3.14. The van der Waals surface area contributed by atoms with Gasteiger partial charge in [0.15, 0.2) is 0 Å². The quantitative estimate of drug-likeness (QED) is 0.153. The molecule has 3 heterocycles. The summed E-state index contributed by atoms with van der Waals surface area (Å²) in [5, 5.41) is 10.8. The number of fused-ring (bicyclic) bond motifs is 1. The number of hydrogen-bond donors (Lipinski definition) is 1. The molecule has 3 aliphatic heterocycles. The van der Waals surface area contributed by atoms with E-state index in [0.717, 1.165) is 5.56 Å². The Morgan fingerprint density at radius 1 is 1.10 bits per heavy atom. The van der Waals surface area contributed by atoms with Crippen LogP contribution in [0.2, 0.25) is 0 Å². The van der Waals surface area contributed by atoms with E-state index in [0.29, 0.717) is 32.1 Å². The SMILES string of the molecule is C=CCCC(=O)N(C)[C@@H](C)[C@@H](OC(=O)[C@@H]1[C@@H]2CC[C@]3(O2)[C@H](C(=O)N(CC=C)C(C)(C)CC(C)(C)C)N([C@@H](CO)CC(C)C)C(=O)[C@@H]13)c1ccccc1. The molecule has 1 aromatic carbocycles. The number of allylic oxidation sites excluding steroid dienone is 1. The predicted octanol–water partition coefficient (Wildman–Crippen LogP) is 6.10. The highest BCUT2D eigenvalue weighted by Gasteiger charge is 2.76. The van der Waals surface area contributed by atoms with E-state index in [2.05, 4.69) is 33.9 Å². The smallest absolute Gasteiger partial charge is 0.313 e. The number of rotatable bonds is 17. The van der Waals surface area contributed by atoms with Crippen LogP contribution in [0.25, 0.3) is 0 Å². The summed E-state index contributed by atoms with van der Waals surface area (Å²) in [6, 6.07) is 7.08. The number of ether oxygens (including phenoxy) is 2. The number of esters is 1. The molecule has 3 amide bonds. The second-order valence-corrected chi connectivity index (χ2v) is 17.4. The minimum absolute atomic E-state index is 0.103. The molecular weight excluding hydrogens is 658 g/mol. The van der Waals surface area contributed by atoms with Crippen LogP contribution in [0.5, 0.6) is 0 Å². The van der Waals surface area contributed by atoms with Gasteiger partial charge in [-0.25, -0.2) is 0 Å². The maximum Gasteiger partial charge on any atom is 0.313 e. The van der Waals surface area contributed by atoms with Gasteiger partial charge >= 0.3 is 5.97 Å². The first kappa shape index (κ1) is 41.3. The lowest BCUT2D eigenvalue weighted by molar-refractivity contribution is -0.165. The molecule has 2 bridgehead atoms. The van der Waals surface area contributed by atoms with Gasteiger partial charge in [-0.1, -0.05) is 77.1 Å². The number of aliphatic hydroxyl groups is 1. The molecule has 0 saturated carbocycles. The van der Waals surface area contributed by atoms with Crippen molar-refractivity contribution < 1.29 is 33.8 Å². The van der Waals surface area contributed by atoms with Crippen molar-refractivity contribution in [1.29, 1.82) is 0 Å². The summed E-state index contributed by atoms with van der Waals surface area (Å²) in [7, 11) is 1.70. The standard InChI is InChI=1S/C42H63N3O7/c1-12-14-20-32(47)43(11)28(5)35(29-18-16-15-17-19-29)51-39(50)33-31-21-22-42(52-31)34(33)37(48)45(30(25-46)24-27(3)4)36(42)38(49)44(23-13-2)41(9,10)26-40(6,7)8/h12-13,15-19,27-28,30-31,33-36,46H,1-2,14,20-26H2,3-11H3/t28-,30+,31-,33+,34+,35+,36-,42+/m0/s1. The van der Waals surface area contributed by atoms with E-state index in [9.17, 15) is 19.5 Å². The fraction of sp³-hybridized carbons (Fsp3) is 0.667. The van der Waals surface area contributed by atoms with Crippen LogP contribution in [-0.4, -0.2) is 99.1 Å². The molecule has 0 aliphatic carbocycles. The molecule has 10 nitrogen and oxygen atoms in total. The molecule has 1 spiro atoms. The first-order chi connectivity index (χ1) is 24.3. The molecule has 0 aromatic heterocycles. The van der Waals surface area contributed by atoms with Crippen LogP contribution in [0.15, 0.2) is 55.6 Å². The second-order valence-electron chi connectivity index (χ2n) is 17.4. The normalized spacial score (nSPS) is 25.8. The van der Waals surface area contributed by atoms with Crippen LogP contribution >= 0.6 is 0 Å². The van der Waals surface area contributed by atoms with E-state index >= 15 is 4.79 Å². The molecule has 3 aliphatic rings. The molecule has 3 saturated heterocycles. The summed E-state index contributed by atoms with van der Waals surface area (Å²) in [6.07, 6.45) is 4.82. The van der Waals surface area contributed by atoms with E-state index in [4.69, 9.17) is 9.47 Å². The number of carbonyl (C=O) groups excluding carboxylic acids is 4. The average Bonchev–Trinajstić information content (AvgIpc) is 3.72. The van der Waals surface area contributed by atoms with Crippen LogP contribution in [0.3, 0.4) is 0 Å². The van der Waals surface area contributed by atoms with Gasteiger partial charge in [-0.05, 0) is 69.8 Å². The number of benzene rings is 1. The van der Waals surface area contributed by atoms with Gasteiger partial charge in [0, 0.05) is 25.6 Å². The molecule has 3 fully saturated rings. The van der Waals surface area contributed by atoms with Gasteiger partial charge in [0.2, 0.25) is 17.7 Å². The fourth-order valence-electron chi connectivity index (χ4n) is 9.28. The average molecular weight is 722 g/mol. The zero-order valence-electron chi connectivity index (χ0n) is 33.0. The van der Waals surface area contributed by atoms with Crippen molar-refractivity contribution in [2.75, 3.05) is 20.2 Å². The lowest BCUT2D eigenvalue weighted by Crippen LogP contribution is -2.62. The number of likely N-dealkylation sites (N-methyl/N-ethyl adjacent to an activating group) is 1. The number of likely N-dealkylation sites (tertiary alicyclic amines) is 1. The molecule has 52 heavy (non-hydrogen) atoms. The number of amides is 3. The van der Waals surface area contributed by atoms with Gasteiger partial charge in [-0.15, -0.1) is 13.2 Å². The summed E-state index contributed by atoms with van der Waals surface area (Å²) in [4.78, 5) is 62.7. The highest BCUT2D eigenvalue weighted by molar-refractivity contribution is 5.98. The van der Waals surface area contributed by atoms with Gasteiger partial charge in [0.25, 0.3) is 0 Å². The Morgan fingerprint density at radius 2 is 1.75 bits per heavy atom. The third-order valence-electron chi connectivity index (χ3n) is 11.2. The number of aliphatic hydroxyl groups excluding tert-OH is 1. The van der Waals surface area contributed by atoms with Gasteiger partial charge < -0.3 is 29.3 Å². The maximum absolute atomic E-state index is 15.2. The van der Waals surface area contributed by atoms with E-state index in [1.807, 2.05) is 65.0 Å². The monoisotopic (exact) mass is 721 g/mol. The van der Waals surface area contributed by atoms with Crippen molar-refractivity contribution in [2.45, 2.75) is 135 Å². The highest BCUT2D eigenvalue weighted by atomic mass is 16.6. The van der Waals surface area contributed by atoms with E-state index in [-0.39, 0.29) is 48.6 Å². The minimum Gasteiger partial charge on any atom is -0.455 e. The first-order valence-electron chi connectivity index (χ1n) is 19.0. The van der Waals surface area contributed by atoms with Crippen molar-refractivity contribution in [3.8, 4) is 0 Å². The molecular formula is C42H63N3O7. The molecule has 288 valence electrons. The van der Waals surface area contributed by atoms with Gasteiger partial charge in [0.05, 0.1) is 36.6 Å². The zero-order chi connectivity index (χ0) is 38.8. The van der Waals surface area contributed by atoms with Crippen molar-refractivity contribution >= 4 is 23.7 Å². The molecule has 4 rings (SSSR count). The Kier molecular flexibility index (Phi) is 12.9. The number of nitrogens with zero attached hydrogens (tertiary/aromatic N) is 3. The molecule has 10 heteroatoms. The van der Waals surface area contributed by atoms with E-state index in [1.165, 1.54) is 0 Å². The maximum atomic E-state index is 15.2. The van der Waals surface area contributed by atoms with Crippen LogP contribution < -0.4 is 0 Å². The third-order valence-corrected chi connectivity index (χ3v) is 11.2. The topological polar surface area (TPSA) is 117 Å². The zero-order valence-corrected chi connectivity index (χ0v) is 33.0. The Bertz CT molecular complexity index is 1470. The van der Waals surface area contributed by atoms with Gasteiger partial charge in [-0.3, -0.25) is 19.2 Å². The van der Waals surface area contributed by atoms with E-state index in [1.54, 1.807) is 33.9 Å². The Balaban J connectivity index is 1.77. The molecule has 0 unspecified atom stereocenters. The Labute approximate surface area is 311 Å². The molecule has 1 aromatic rings. The van der Waals surface area contributed by atoms with Crippen LogP contribution in [0, 0.1) is 23.2 Å². The van der Waals surface area contributed by atoms with Crippen LogP contribution in [-0.2, 0) is 28.7 Å². The third kappa shape index (κ3) is 8.18. The van der Waals surface area contributed by atoms with Gasteiger partial charge in [-0.2, -0.15) is 0 Å². The summed E-state index contributed by atoms with van der Waals surface area (Å²) >= 11 is 0. The second kappa shape index (κ2) is 16.3. The minimum atomic E-state index is -1.27. The van der Waals surface area contributed by atoms with Crippen molar-refractivity contribution in [3.63, 3.8) is 0 Å². The van der Waals surface area contributed by atoms with Crippen molar-refractivity contribution in [2.24, 2.45) is 23.2 Å². The largest absolute Gasteiger partial charge is 0.455 e. The van der Waals surface area contributed by atoms with Crippen LogP contribution in [0.4, 0.5) is 0 Å². The first-order valence-corrected chi connectivity index (χ1v) is 19.0.